The first-order valence-corrected chi connectivity index (χ1v) is 33.4. The molecule has 3 aliphatic rings. The molecule has 0 spiro atoms. The Kier molecular flexibility index (Phi) is 21.9. The molecule has 21 nitrogen and oxygen atoms in total. The Morgan fingerprint density at radius 1 is 0.567 bits per heavy atom. The maximum atomic E-state index is 15.8. The summed E-state index contributed by atoms with van der Waals surface area (Å²) < 4.78 is 21.3. The average molecular weight is 1340 g/mol. The van der Waals surface area contributed by atoms with Gasteiger partial charge in [0.2, 0.25) is 23.5 Å². The number of aliphatic imine (C=N–C) groups is 3. The standard InChI is InChI=1S/C74H85FN14O7S/c1-43(2)72(9)34-63(90)87(69(76)84-72)39-50-25-48(27-55(29-50)66(93)81-46(7)52-17-14-13-15-18-52)37-79-58-20-16-19-54(31-58)61(23-24-96-12)83-67(94)56-28-49(26-51(30-56)40-88-64(91)35-73(10,44(3)4)85-70(88)77)38-80-62-33-53(21-22-60(62)75)47(8)82-68(95)57-32-59(97-42-57)41-89-65(92)36-74(11,45(5)6)86-71(89)78/h13-22,25-33,42-47,61H,23-24,34-36,39-41H2,1-12H3,(H7-2,76,77,78,81,82,83,84,85,86,93,94,95)/p+2. The molecule has 97 heavy (non-hydrogen) atoms. The van der Waals surface area contributed by atoms with E-state index in [2.05, 4.69) is 37.9 Å². The Balaban J connectivity index is 0.979. The number of thiophene rings is 1. The van der Waals surface area contributed by atoms with Crippen LogP contribution in [0.2, 0.25) is 0 Å². The lowest BCUT2D eigenvalue weighted by molar-refractivity contribution is -0.131. The van der Waals surface area contributed by atoms with E-state index in [1.54, 1.807) is 80.1 Å². The number of hydrogen-bond acceptors (Lipinski definition) is 14. The normalized spacial score (nSPS) is 19.6. The highest BCUT2D eigenvalue weighted by atomic mass is 32.1. The van der Waals surface area contributed by atoms with Crippen LogP contribution in [0, 0.1) is 35.7 Å². The molecule has 1 aromatic heterocycles. The molecule has 6 unspecified atom stereocenters. The zero-order valence-corrected chi connectivity index (χ0v) is 57.9. The molecule has 0 bridgehead atoms. The number of hydrogen-bond donors (Lipinski definition) is 6. The van der Waals surface area contributed by atoms with E-state index in [1.165, 1.54) is 38.2 Å². The van der Waals surface area contributed by atoms with Crippen LogP contribution in [-0.4, -0.2) is 98.4 Å². The smallest absolute Gasteiger partial charge is 0.376 e. The topological polar surface area (TPSA) is 281 Å². The lowest BCUT2D eigenvalue weighted by atomic mass is 9.84. The molecule has 0 fully saturated rings. The van der Waals surface area contributed by atoms with Crippen molar-refractivity contribution in [1.29, 1.82) is 0 Å². The second-order valence-corrected chi connectivity index (χ2v) is 27.9. The quantitative estimate of drug-likeness (QED) is 0.0396. The average Bonchev–Trinajstić information content (AvgIpc) is 1.81. The highest BCUT2D eigenvalue weighted by Gasteiger charge is 2.41. The lowest BCUT2D eigenvalue weighted by Gasteiger charge is -2.37. The molecule has 23 heteroatoms. The third-order valence-corrected chi connectivity index (χ3v) is 19.7. The van der Waals surface area contributed by atoms with Crippen LogP contribution in [0.25, 0.3) is 9.69 Å². The number of amides is 6. The fourth-order valence-electron chi connectivity index (χ4n) is 11.5. The summed E-state index contributed by atoms with van der Waals surface area (Å²) in [5.41, 5.74) is 22.5. The van der Waals surface area contributed by atoms with Gasteiger partial charge in [-0.15, -0.1) is 11.3 Å². The zero-order chi connectivity index (χ0) is 70.3. The molecular formula is C74H87FN14O7S+2. The van der Waals surface area contributed by atoms with Crippen LogP contribution >= 0.6 is 11.3 Å². The summed E-state index contributed by atoms with van der Waals surface area (Å²) in [6, 6.07) is 37.3. The monoisotopic (exact) mass is 1330 g/mol. The molecule has 6 aromatic rings. The van der Waals surface area contributed by atoms with E-state index in [-0.39, 0.29) is 134 Å². The summed E-state index contributed by atoms with van der Waals surface area (Å²) in [6.45, 7) is 21.7. The van der Waals surface area contributed by atoms with Crippen molar-refractivity contribution >= 4 is 76.0 Å². The number of halogens is 1. The first kappa shape index (κ1) is 71.2. The van der Waals surface area contributed by atoms with Gasteiger partial charge in [0.25, 0.3) is 17.7 Å². The number of ether oxygens (including phenoxy) is 1. The van der Waals surface area contributed by atoms with Gasteiger partial charge in [-0.1, -0.05) is 90.1 Å². The summed E-state index contributed by atoms with van der Waals surface area (Å²) in [4.78, 5) is 112. The molecule has 0 aliphatic carbocycles. The predicted molar refractivity (Wildman–Crippen MR) is 377 cm³/mol. The van der Waals surface area contributed by atoms with Crippen LogP contribution in [-0.2, 0) is 38.8 Å². The van der Waals surface area contributed by atoms with Crippen LogP contribution in [0.4, 0.5) is 15.8 Å². The third-order valence-electron chi connectivity index (χ3n) is 18.8. The third kappa shape index (κ3) is 17.1. The van der Waals surface area contributed by atoms with E-state index in [9.17, 15) is 28.8 Å². The van der Waals surface area contributed by atoms with Crippen molar-refractivity contribution < 1.29 is 37.9 Å². The van der Waals surface area contributed by atoms with Gasteiger partial charge in [0.05, 0.1) is 79.2 Å². The number of methoxy groups -OCH3 is 1. The maximum absolute atomic E-state index is 15.8. The van der Waals surface area contributed by atoms with Crippen LogP contribution in [0.15, 0.2) is 136 Å². The number of nitrogens with zero attached hydrogens (tertiary/aromatic N) is 8. The largest absolute Gasteiger partial charge is 0.385 e. The van der Waals surface area contributed by atoms with Crippen molar-refractivity contribution in [2.24, 2.45) is 49.9 Å². The number of rotatable bonds is 21. The van der Waals surface area contributed by atoms with Gasteiger partial charge in [0.15, 0.2) is 17.9 Å². The lowest BCUT2D eigenvalue weighted by Crippen LogP contribution is -2.51. The molecule has 6 atom stereocenters. The highest BCUT2D eigenvalue weighted by molar-refractivity contribution is 7.10. The zero-order valence-electron chi connectivity index (χ0n) is 57.1. The molecule has 3 aliphatic heterocycles. The van der Waals surface area contributed by atoms with E-state index >= 15 is 4.39 Å². The van der Waals surface area contributed by atoms with Crippen molar-refractivity contribution in [2.75, 3.05) is 13.7 Å². The van der Waals surface area contributed by atoms with Crippen LogP contribution < -0.4 is 33.2 Å². The van der Waals surface area contributed by atoms with Crippen LogP contribution in [0.1, 0.15) is 195 Å². The molecule has 9 rings (SSSR count). The molecule has 6 amide bonds. The Labute approximate surface area is 570 Å². The van der Waals surface area contributed by atoms with E-state index in [4.69, 9.17) is 36.8 Å². The summed E-state index contributed by atoms with van der Waals surface area (Å²) in [5, 5.41) is 10.9. The summed E-state index contributed by atoms with van der Waals surface area (Å²) >= 11 is 1.31. The van der Waals surface area contributed by atoms with Crippen molar-refractivity contribution in [3.05, 3.63) is 197 Å². The van der Waals surface area contributed by atoms with Gasteiger partial charge in [-0.25, -0.2) is 15.0 Å². The SMILES string of the molecule is COCCC(NC(=O)c1cc(C#[N+]c2cc(C(C)NC(=O)c3csc(CN4C(=O)CC(C)(C(C)C)N=C4N)c3)ccc2F)cc(CN2C(=O)CC(C)(C(C)C)N=C2N)c1)c1cccc([N+]#Cc2cc(CN3C(=O)CC(C)(C(C)C)N=C3N)cc(C(=O)NC(C)c3ccccc3)c2)c1. The van der Waals surface area contributed by atoms with Crippen molar-refractivity contribution in [2.45, 2.75) is 156 Å². The summed E-state index contributed by atoms with van der Waals surface area (Å²) in [5.74, 6) is -2.08. The summed E-state index contributed by atoms with van der Waals surface area (Å²) in [7, 11) is 1.56. The molecular weight excluding hydrogens is 1250 g/mol. The number of nitrogens with two attached hydrogens (primary N) is 3. The molecule has 506 valence electrons. The van der Waals surface area contributed by atoms with Crippen LogP contribution in [0.5, 0.6) is 0 Å². The van der Waals surface area contributed by atoms with Gasteiger partial charge in [-0.3, -0.25) is 43.5 Å². The van der Waals surface area contributed by atoms with Gasteiger partial charge in [-0.05, 0) is 145 Å². The Bertz CT molecular complexity index is 4260. The van der Waals surface area contributed by atoms with Crippen molar-refractivity contribution in [3.63, 3.8) is 0 Å². The van der Waals surface area contributed by atoms with Gasteiger partial charge in [0, 0.05) is 53.3 Å². The summed E-state index contributed by atoms with van der Waals surface area (Å²) in [6.07, 6.45) is 0.809. The molecule has 4 heterocycles. The predicted octanol–water partition coefficient (Wildman–Crippen LogP) is 11.8. The first-order valence-electron chi connectivity index (χ1n) is 32.6. The van der Waals surface area contributed by atoms with Crippen molar-refractivity contribution in [3.8, 4) is 12.1 Å². The second-order valence-electron chi connectivity index (χ2n) is 26.9. The van der Waals surface area contributed by atoms with E-state index in [1.807, 2.05) is 112 Å². The molecule has 0 saturated carbocycles. The van der Waals surface area contributed by atoms with Gasteiger partial charge >= 0.3 is 23.5 Å². The number of benzene rings is 5. The fraction of sp³-hybridized carbons (Fsp3) is 0.392. The Morgan fingerprint density at radius 3 is 1.55 bits per heavy atom. The molecule has 0 saturated heterocycles. The minimum absolute atomic E-state index is 0.00939. The minimum atomic E-state index is -0.723. The number of nitrogens with one attached hydrogen (secondary N) is 3. The van der Waals surface area contributed by atoms with E-state index < -0.39 is 40.4 Å². The second kappa shape index (κ2) is 29.9. The van der Waals surface area contributed by atoms with Gasteiger partial charge in [0.1, 0.15) is 11.1 Å². The van der Waals surface area contributed by atoms with Gasteiger partial charge in [-0.2, -0.15) is 4.39 Å². The fourth-order valence-corrected chi connectivity index (χ4v) is 12.3. The molecule has 5 aromatic carbocycles. The highest BCUT2D eigenvalue weighted by Crippen LogP contribution is 2.35. The van der Waals surface area contributed by atoms with E-state index in [0.29, 0.717) is 51.1 Å². The first-order chi connectivity index (χ1) is 45.9. The Morgan fingerprint density at radius 2 is 1.04 bits per heavy atom. The number of carbonyl (C=O) groups is 6. The van der Waals surface area contributed by atoms with E-state index in [0.717, 1.165) is 10.4 Å². The number of guanidine groups is 3. The Hall–Kier alpha value is -10.1. The molecule has 0 radical (unpaired) electrons. The van der Waals surface area contributed by atoms with Crippen molar-refractivity contribution in [1.82, 2.24) is 30.7 Å². The molecule has 9 N–H and O–H groups in total. The maximum Gasteiger partial charge on any atom is 0.376 e. The number of carbonyl (C=O) groups excluding carboxylic acids is 6. The van der Waals surface area contributed by atoms with Crippen LogP contribution in [0.3, 0.4) is 0 Å². The minimum Gasteiger partial charge on any atom is -0.385 e. The van der Waals surface area contributed by atoms with Gasteiger partial charge < -0.3 is 37.9 Å².